The first-order valence-electron chi connectivity index (χ1n) is 9.08. The zero-order valence-electron chi connectivity index (χ0n) is 14.5. The second-order valence-corrected chi connectivity index (χ2v) is 6.82. The first kappa shape index (κ1) is 17.1. The molecule has 1 aliphatic carbocycles. The minimum atomic E-state index is -0.0000383. The maximum atomic E-state index is 12.0. The lowest BCUT2D eigenvalue weighted by Gasteiger charge is -2.38. The molecule has 132 valence electrons. The highest BCUT2D eigenvalue weighted by Crippen LogP contribution is 2.21. The van der Waals surface area contributed by atoms with Gasteiger partial charge in [-0.15, -0.1) is 0 Å². The average Bonchev–Trinajstić information content (AvgIpc) is 3.03. The first-order valence-corrected chi connectivity index (χ1v) is 9.08. The van der Waals surface area contributed by atoms with Gasteiger partial charge in [0.15, 0.2) is 0 Å². The van der Waals surface area contributed by atoms with Gasteiger partial charge < -0.3 is 19.7 Å². The summed E-state index contributed by atoms with van der Waals surface area (Å²) < 4.78 is 11.7. The summed E-state index contributed by atoms with van der Waals surface area (Å²) in [5.41, 5.74) is 1.18. The van der Waals surface area contributed by atoms with E-state index in [2.05, 4.69) is 5.32 Å². The molecule has 0 spiro atoms. The molecule has 5 nitrogen and oxygen atoms in total. The Balaban J connectivity index is 1.25. The Kier molecular flexibility index (Phi) is 5.96. The number of ether oxygens (including phenoxy) is 2. The van der Waals surface area contributed by atoms with Crippen molar-refractivity contribution < 1.29 is 14.3 Å². The fourth-order valence-electron chi connectivity index (χ4n) is 3.24. The van der Waals surface area contributed by atoms with Crippen LogP contribution in [0.5, 0.6) is 5.75 Å². The van der Waals surface area contributed by atoms with Crippen LogP contribution in [0.15, 0.2) is 24.3 Å². The van der Waals surface area contributed by atoms with Gasteiger partial charge in [0.25, 0.3) is 0 Å². The van der Waals surface area contributed by atoms with Crippen LogP contribution in [-0.2, 0) is 4.74 Å². The maximum absolute atomic E-state index is 12.0. The molecule has 1 heterocycles. The van der Waals surface area contributed by atoms with Crippen molar-refractivity contribution in [2.24, 2.45) is 0 Å². The van der Waals surface area contributed by atoms with Gasteiger partial charge >= 0.3 is 6.03 Å². The molecule has 0 radical (unpaired) electrons. The lowest BCUT2D eigenvalue weighted by atomic mass is 10.1. The summed E-state index contributed by atoms with van der Waals surface area (Å²) in [5.74, 6) is 0.879. The smallest absolute Gasteiger partial charge is 0.317 e. The fourth-order valence-corrected chi connectivity index (χ4v) is 3.24. The highest BCUT2D eigenvalue weighted by molar-refractivity contribution is 5.75. The van der Waals surface area contributed by atoms with Crippen molar-refractivity contribution in [1.82, 2.24) is 10.2 Å². The van der Waals surface area contributed by atoms with Gasteiger partial charge in [-0.05, 0) is 43.9 Å². The summed E-state index contributed by atoms with van der Waals surface area (Å²) in [5, 5.41) is 2.95. The van der Waals surface area contributed by atoms with E-state index in [9.17, 15) is 4.79 Å². The van der Waals surface area contributed by atoms with Crippen molar-refractivity contribution in [2.45, 2.75) is 51.2 Å². The van der Waals surface area contributed by atoms with E-state index in [4.69, 9.17) is 9.47 Å². The molecular weight excluding hydrogens is 304 g/mol. The van der Waals surface area contributed by atoms with Crippen molar-refractivity contribution in [1.29, 1.82) is 0 Å². The van der Waals surface area contributed by atoms with E-state index in [1.807, 2.05) is 31.2 Å². The summed E-state index contributed by atoms with van der Waals surface area (Å²) in [6, 6.07) is 8.01. The van der Waals surface area contributed by atoms with E-state index in [-0.39, 0.29) is 12.1 Å². The normalized spacial score (nSPS) is 18.5. The van der Waals surface area contributed by atoms with Crippen molar-refractivity contribution >= 4 is 6.03 Å². The minimum Gasteiger partial charge on any atom is -0.487 e. The number of likely N-dealkylation sites (tertiary alicyclic amines) is 1. The number of aryl methyl sites for hydroxylation is 1. The Morgan fingerprint density at radius 1 is 1.25 bits per heavy atom. The molecule has 0 atom stereocenters. The van der Waals surface area contributed by atoms with Gasteiger partial charge in [0.1, 0.15) is 11.9 Å². The Morgan fingerprint density at radius 3 is 2.79 bits per heavy atom. The van der Waals surface area contributed by atoms with Crippen molar-refractivity contribution in [3.8, 4) is 5.75 Å². The molecule has 2 fully saturated rings. The fraction of sp³-hybridized carbons (Fsp3) is 0.632. The molecule has 0 aromatic heterocycles. The third kappa shape index (κ3) is 4.87. The third-order valence-electron chi connectivity index (χ3n) is 4.68. The van der Waals surface area contributed by atoms with Crippen LogP contribution in [0.25, 0.3) is 0 Å². The topological polar surface area (TPSA) is 50.8 Å². The predicted octanol–water partition coefficient (Wildman–Crippen LogP) is 3.12. The van der Waals surface area contributed by atoms with E-state index in [1.54, 1.807) is 4.90 Å². The molecule has 2 amide bonds. The monoisotopic (exact) mass is 332 g/mol. The molecule has 1 aromatic rings. The van der Waals surface area contributed by atoms with E-state index < -0.39 is 0 Å². The Bertz CT molecular complexity index is 537. The molecule has 1 saturated heterocycles. The van der Waals surface area contributed by atoms with Crippen LogP contribution in [0, 0.1) is 6.92 Å². The SMILES string of the molecule is Cc1cccc(OC2CN(C(=O)NCCCOC3CCCC3)C2)c1. The lowest BCUT2D eigenvalue weighted by Crippen LogP contribution is -2.59. The van der Waals surface area contributed by atoms with E-state index >= 15 is 0 Å². The van der Waals surface area contributed by atoms with Gasteiger partial charge in [-0.1, -0.05) is 25.0 Å². The number of benzene rings is 1. The molecule has 1 N–H and O–H groups in total. The Labute approximate surface area is 144 Å². The standard InChI is InChI=1S/C19H28N2O3/c1-15-6-4-9-17(12-15)24-18-13-21(14-18)19(22)20-10-5-11-23-16-7-2-3-8-16/h4,6,9,12,16,18H,2-3,5,7-8,10-11,13-14H2,1H3,(H,20,22). The van der Waals surface area contributed by atoms with Crippen LogP contribution in [0.1, 0.15) is 37.7 Å². The Hall–Kier alpha value is -1.75. The number of carbonyl (C=O) groups is 1. The zero-order chi connectivity index (χ0) is 16.8. The van der Waals surface area contributed by atoms with Gasteiger partial charge in [0.2, 0.25) is 0 Å². The molecule has 24 heavy (non-hydrogen) atoms. The molecule has 3 rings (SSSR count). The summed E-state index contributed by atoms with van der Waals surface area (Å²) >= 11 is 0. The number of hydrogen-bond donors (Lipinski definition) is 1. The molecule has 0 unspecified atom stereocenters. The second kappa shape index (κ2) is 8.38. The summed E-state index contributed by atoms with van der Waals surface area (Å²) in [6.45, 7) is 4.76. The van der Waals surface area contributed by atoms with Crippen LogP contribution in [0.3, 0.4) is 0 Å². The number of amides is 2. The highest BCUT2D eigenvalue weighted by atomic mass is 16.5. The quantitative estimate of drug-likeness (QED) is 0.781. The van der Waals surface area contributed by atoms with Crippen molar-refractivity contribution in [3.63, 3.8) is 0 Å². The molecule has 1 aliphatic heterocycles. The lowest BCUT2D eigenvalue weighted by molar-refractivity contribution is 0.0426. The van der Waals surface area contributed by atoms with E-state index in [0.717, 1.165) is 18.8 Å². The zero-order valence-corrected chi connectivity index (χ0v) is 14.5. The van der Waals surface area contributed by atoms with E-state index in [0.29, 0.717) is 25.7 Å². The molecule has 1 saturated carbocycles. The van der Waals surface area contributed by atoms with Crippen LogP contribution in [0.2, 0.25) is 0 Å². The second-order valence-electron chi connectivity index (χ2n) is 6.82. The van der Waals surface area contributed by atoms with Gasteiger partial charge in [0.05, 0.1) is 19.2 Å². The molecule has 1 aromatic carbocycles. The number of urea groups is 1. The number of nitrogens with one attached hydrogen (secondary N) is 1. The van der Waals surface area contributed by atoms with E-state index in [1.165, 1.54) is 31.2 Å². The number of rotatable bonds is 7. The maximum Gasteiger partial charge on any atom is 0.317 e. The first-order chi connectivity index (χ1) is 11.7. The predicted molar refractivity (Wildman–Crippen MR) is 93.4 cm³/mol. The van der Waals surface area contributed by atoms with Crippen LogP contribution >= 0.6 is 0 Å². The molecule has 2 aliphatic rings. The van der Waals surface area contributed by atoms with Gasteiger partial charge in [0, 0.05) is 13.2 Å². The highest BCUT2D eigenvalue weighted by Gasteiger charge is 2.32. The van der Waals surface area contributed by atoms with Crippen LogP contribution < -0.4 is 10.1 Å². The van der Waals surface area contributed by atoms with Crippen LogP contribution in [0.4, 0.5) is 4.79 Å². The third-order valence-corrected chi connectivity index (χ3v) is 4.68. The molecule has 5 heteroatoms. The molecule has 0 bridgehead atoms. The van der Waals surface area contributed by atoms with Gasteiger partial charge in [-0.25, -0.2) is 4.79 Å². The van der Waals surface area contributed by atoms with Crippen LogP contribution in [-0.4, -0.2) is 49.4 Å². The summed E-state index contributed by atoms with van der Waals surface area (Å²) in [6.07, 6.45) is 6.41. The molecular formula is C19H28N2O3. The van der Waals surface area contributed by atoms with Gasteiger partial charge in [-0.2, -0.15) is 0 Å². The summed E-state index contributed by atoms with van der Waals surface area (Å²) in [4.78, 5) is 13.8. The number of carbonyl (C=O) groups excluding carboxylic acids is 1. The van der Waals surface area contributed by atoms with Crippen molar-refractivity contribution in [2.75, 3.05) is 26.2 Å². The van der Waals surface area contributed by atoms with Crippen molar-refractivity contribution in [3.05, 3.63) is 29.8 Å². The van der Waals surface area contributed by atoms with Gasteiger partial charge in [-0.3, -0.25) is 0 Å². The number of hydrogen-bond acceptors (Lipinski definition) is 3. The Morgan fingerprint density at radius 2 is 2.04 bits per heavy atom. The average molecular weight is 332 g/mol. The summed E-state index contributed by atoms with van der Waals surface area (Å²) in [7, 11) is 0. The minimum absolute atomic E-state index is 0.0000383. The largest absolute Gasteiger partial charge is 0.487 e. The number of nitrogens with zero attached hydrogens (tertiary/aromatic N) is 1.